The number of anilines is 2. The molecule has 0 aliphatic carbocycles. The monoisotopic (exact) mass is 191 g/mol. The molecule has 0 fully saturated rings. The Bertz CT molecular complexity index is 448. The molecule has 0 aliphatic rings. The van der Waals surface area contributed by atoms with E-state index in [1.165, 1.54) is 0 Å². The van der Waals surface area contributed by atoms with Gasteiger partial charge in [-0.1, -0.05) is 0 Å². The molecule has 2 aromatic rings. The van der Waals surface area contributed by atoms with E-state index in [0.29, 0.717) is 17.7 Å². The summed E-state index contributed by atoms with van der Waals surface area (Å²) in [5.41, 5.74) is 7.87. The van der Waals surface area contributed by atoms with E-state index in [-0.39, 0.29) is 0 Å². The van der Waals surface area contributed by atoms with Crippen LogP contribution in [0.4, 0.5) is 11.7 Å². The Morgan fingerprint density at radius 3 is 2.93 bits per heavy atom. The lowest BCUT2D eigenvalue weighted by Crippen LogP contribution is -2.09. The molecule has 0 radical (unpaired) electrons. The molecule has 1 heterocycles. The van der Waals surface area contributed by atoms with Gasteiger partial charge in [0.05, 0.1) is 0 Å². The zero-order valence-corrected chi connectivity index (χ0v) is 8.24. The second-order valence-corrected chi connectivity index (χ2v) is 3.55. The van der Waals surface area contributed by atoms with Gasteiger partial charge in [-0.15, -0.1) is 0 Å². The van der Waals surface area contributed by atoms with Crippen LogP contribution in [-0.4, -0.2) is 11.0 Å². The van der Waals surface area contributed by atoms with Gasteiger partial charge in [0, 0.05) is 11.7 Å². The maximum absolute atomic E-state index is 5.63. The lowest BCUT2D eigenvalue weighted by atomic mass is 10.3. The van der Waals surface area contributed by atoms with Crippen LogP contribution < -0.4 is 11.1 Å². The molecule has 0 saturated heterocycles. The summed E-state index contributed by atoms with van der Waals surface area (Å²) in [5.74, 6) is 0. The second-order valence-electron chi connectivity index (χ2n) is 3.55. The third-order valence-electron chi connectivity index (χ3n) is 1.82. The highest BCUT2D eigenvalue weighted by Crippen LogP contribution is 2.21. The fourth-order valence-corrected chi connectivity index (χ4v) is 1.25. The first-order chi connectivity index (χ1) is 6.65. The average molecular weight is 191 g/mol. The third kappa shape index (κ3) is 1.64. The molecule has 14 heavy (non-hydrogen) atoms. The number of nitrogen functional groups attached to an aromatic ring is 1. The molecule has 1 aromatic heterocycles. The average Bonchev–Trinajstić information content (AvgIpc) is 2.44. The normalized spacial score (nSPS) is 11.1. The highest BCUT2D eigenvalue weighted by Gasteiger charge is 2.05. The summed E-state index contributed by atoms with van der Waals surface area (Å²) in [4.78, 5) is 4.26. The SMILES string of the molecule is CC(C)Nc1nc2cc(N)ccc2o1. The first-order valence-electron chi connectivity index (χ1n) is 4.58. The minimum Gasteiger partial charge on any atom is -0.424 e. The summed E-state index contributed by atoms with van der Waals surface area (Å²) in [6.07, 6.45) is 0. The standard InChI is InChI=1S/C10H13N3O/c1-6(2)12-10-13-8-5-7(11)3-4-9(8)14-10/h3-6H,11H2,1-2H3,(H,12,13). The molecule has 0 atom stereocenters. The van der Waals surface area contributed by atoms with Crippen LogP contribution in [0.5, 0.6) is 0 Å². The molecule has 74 valence electrons. The van der Waals surface area contributed by atoms with E-state index in [1.54, 1.807) is 12.1 Å². The maximum atomic E-state index is 5.63. The number of nitrogens with zero attached hydrogens (tertiary/aromatic N) is 1. The van der Waals surface area contributed by atoms with Gasteiger partial charge < -0.3 is 15.5 Å². The Balaban J connectivity index is 2.41. The lowest BCUT2D eigenvalue weighted by molar-refractivity contribution is 0.606. The fraction of sp³-hybridized carbons (Fsp3) is 0.300. The van der Waals surface area contributed by atoms with Gasteiger partial charge in [0.15, 0.2) is 5.58 Å². The van der Waals surface area contributed by atoms with E-state index in [0.717, 1.165) is 11.1 Å². The molecule has 3 N–H and O–H groups in total. The molecule has 0 aliphatic heterocycles. The molecule has 4 heteroatoms. The Kier molecular flexibility index (Phi) is 2.04. The minimum atomic E-state index is 0.306. The number of nitrogens with two attached hydrogens (primary N) is 1. The summed E-state index contributed by atoms with van der Waals surface area (Å²) in [6, 6.07) is 6.27. The van der Waals surface area contributed by atoms with Crippen molar-refractivity contribution >= 4 is 22.8 Å². The Hall–Kier alpha value is -1.71. The van der Waals surface area contributed by atoms with Gasteiger partial charge in [-0.25, -0.2) is 0 Å². The summed E-state index contributed by atoms with van der Waals surface area (Å²) in [7, 11) is 0. The van der Waals surface area contributed by atoms with Crippen LogP contribution in [0, 0.1) is 0 Å². The van der Waals surface area contributed by atoms with Gasteiger partial charge >= 0.3 is 0 Å². The number of rotatable bonds is 2. The summed E-state index contributed by atoms with van der Waals surface area (Å²) >= 11 is 0. The van der Waals surface area contributed by atoms with E-state index in [2.05, 4.69) is 10.3 Å². The van der Waals surface area contributed by atoms with Crippen molar-refractivity contribution in [3.05, 3.63) is 18.2 Å². The van der Waals surface area contributed by atoms with Gasteiger partial charge in [0.1, 0.15) is 5.52 Å². The molecule has 0 bridgehead atoms. The highest BCUT2D eigenvalue weighted by molar-refractivity contribution is 5.78. The quantitative estimate of drug-likeness (QED) is 0.714. The molecule has 0 saturated carbocycles. The van der Waals surface area contributed by atoms with Gasteiger partial charge in [0.2, 0.25) is 0 Å². The predicted molar refractivity (Wildman–Crippen MR) is 57.2 cm³/mol. The van der Waals surface area contributed by atoms with Crippen LogP contribution in [0.2, 0.25) is 0 Å². The number of fused-ring (bicyclic) bond motifs is 1. The number of aromatic nitrogens is 1. The summed E-state index contributed by atoms with van der Waals surface area (Å²) in [5, 5.41) is 3.10. The highest BCUT2D eigenvalue weighted by atomic mass is 16.4. The summed E-state index contributed by atoms with van der Waals surface area (Å²) in [6.45, 7) is 4.06. The van der Waals surface area contributed by atoms with Crippen LogP contribution in [-0.2, 0) is 0 Å². The number of nitrogens with one attached hydrogen (secondary N) is 1. The largest absolute Gasteiger partial charge is 0.424 e. The van der Waals surface area contributed by atoms with Gasteiger partial charge in [-0.05, 0) is 32.0 Å². The summed E-state index contributed by atoms with van der Waals surface area (Å²) < 4.78 is 5.46. The van der Waals surface area contributed by atoms with Gasteiger partial charge in [-0.2, -0.15) is 4.98 Å². The van der Waals surface area contributed by atoms with Crippen LogP contribution in [0.15, 0.2) is 22.6 Å². The van der Waals surface area contributed by atoms with Crippen LogP contribution in [0.3, 0.4) is 0 Å². The fourth-order valence-electron chi connectivity index (χ4n) is 1.25. The number of hydrogen-bond donors (Lipinski definition) is 2. The molecule has 1 aromatic carbocycles. The lowest BCUT2D eigenvalue weighted by Gasteiger charge is -2.02. The van der Waals surface area contributed by atoms with Crippen molar-refractivity contribution in [2.45, 2.75) is 19.9 Å². The zero-order chi connectivity index (χ0) is 10.1. The first-order valence-corrected chi connectivity index (χ1v) is 4.58. The molecule has 0 spiro atoms. The van der Waals surface area contributed by atoms with Crippen LogP contribution >= 0.6 is 0 Å². The Morgan fingerprint density at radius 1 is 1.43 bits per heavy atom. The molecular weight excluding hydrogens is 178 g/mol. The number of hydrogen-bond acceptors (Lipinski definition) is 4. The molecule has 0 amide bonds. The Morgan fingerprint density at radius 2 is 2.21 bits per heavy atom. The smallest absolute Gasteiger partial charge is 0.295 e. The van der Waals surface area contributed by atoms with Crippen molar-refractivity contribution < 1.29 is 4.42 Å². The minimum absolute atomic E-state index is 0.306. The predicted octanol–water partition coefficient (Wildman–Crippen LogP) is 2.23. The van der Waals surface area contributed by atoms with E-state index >= 15 is 0 Å². The second kappa shape index (κ2) is 3.21. The van der Waals surface area contributed by atoms with Crippen molar-refractivity contribution in [3.8, 4) is 0 Å². The number of benzene rings is 1. The van der Waals surface area contributed by atoms with E-state index in [9.17, 15) is 0 Å². The van der Waals surface area contributed by atoms with Crippen LogP contribution in [0.25, 0.3) is 11.1 Å². The van der Waals surface area contributed by atoms with Crippen molar-refractivity contribution in [2.24, 2.45) is 0 Å². The third-order valence-corrected chi connectivity index (χ3v) is 1.82. The van der Waals surface area contributed by atoms with E-state index in [4.69, 9.17) is 10.2 Å². The van der Waals surface area contributed by atoms with E-state index < -0.39 is 0 Å². The molecular formula is C10H13N3O. The molecule has 2 rings (SSSR count). The molecule has 0 unspecified atom stereocenters. The van der Waals surface area contributed by atoms with Crippen molar-refractivity contribution in [2.75, 3.05) is 11.1 Å². The van der Waals surface area contributed by atoms with Crippen molar-refractivity contribution in [3.63, 3.8) is 0 Å². The maximum Gasteiger partial charge on any atom is 0.295 e. The first kappa shape index (κ1) is 8.87. The van der Waals surface area contributed by atoms with Crippen molar-refractivity contribution in [1.29, 1.82) is 0 Å². The van der Waals surface area contributed by atoms with E-state index in [1.807, 2.05) is 19.9 Å². The van der Waals surface area contributed by atoms with Gasteiger partial charge in [-0.3, -0.25) is 0 Å². The number of oxazole rings is 1. The van der Waals surface area contributed by atoms with Crippen molar-refractivity contribution in [1.82, 2.24) is 4.98 Å². The zero-order valence-electron chi connectivity index (χ0n) is 8.24. The van der Waals surface area contributed by atoms with Crippen LogP contribution in [0.1, 0.15) is 13.8 Å². The molecule has 4 nitrogen and oxygen atoms in total. The topological polar surface area (TPSA) is 64.1 Å². The van der Waals surface area contributed by atoms with Gasteiger partial charge in [0.25, 0.3) is 6.01 Å². The Labute approximate surface area is 82.1 Å².